The maximum Gasteiger partial charge on any atom is 0.226 e. The van der Waals surface area contributed by atoms with Crippen molar-refractivity contribution in [3.63, 3.8) is 0 Å². The summed E-state index contributed by atoms with van der Waals surface area (Å²) >= 11 is 15.4. The highest BCUT2D eigenvalue weighted by molar-refractivity contribution is 8.00. The van der Waals surface area contributed by atoms with E-state index in [4.69, 9.17) is 82.9 Å². The van der Waals surface area contributed by atoms with E-state index < -0.39 is 0 Å². The lowest BCUT2D eigenvalue weighted by molar-refractivity contribution is 0.721. The van der Waals surface area contributed by atoms with E-state index in [-0.39, 0.29) is 5.95 Å². The van der Waals surface area contributed by atoms with Crippen LogP contribution in [0.1, 0.15) is 99.8 Å². The minimum absolute atomic E-state index is 0.228. The van der Waals surface area contributed by atoms with Crippen molar-refractivity contribution in [3.8, 4) is 0 Å². The van der Waals surface area contributed by atoms with Crippen LogP contribution in [0.3, 0.4) is 0 Å². The van der Waals surface area contributed by atoms with Gasteiger partial charge in [0.25, 0.3) is 0 Å². The van der Waals surface area contributed by atoms with Crippen LogP contribution in [-0.2, 0) is 44.3 Å². The number of aryl methyl sites for hydroxylation is 6. The number of thioether (sulfide) groups is 4. The Hall–Kier alpha value is -7.13. The summed E-state index contributed by atoms with van der Waals surface area (Å²) in [5.41, 5.74) is 12.9. The minimum Gasteiger partial charge on any atom is -0.368 e. The second-order valence-electron chi connectivity index (χ2n) is 20.3. The monoisotopic (exact) mass is 1390 g/mol. The van der Waals surface area contributed by atoms with E-state index in [9.17, 15) is 0 Å². The molecule has 0 amide bonds. The Morgan fingerprint density at radius 2 is 0.656 bits per heavy atom. The second-order valence-corrected chi connectivity index (χ2v) is 27.4. The molecule has 488 valence electrons. The summed E-state index contributed by atoms with van der Waals surface area (Å²) in [6, 6.07) is 28.0. The number of hydrogen-bond donors (Lipinski definition) is 7. The average molecular weight is 1390 g/mol. The first-order chi connectivity index (χ1) is 45.6. The largest absolute Gasteiger partial charge is 0.368 e. The first kappa shape index (κ1) is 70.2. The number of nitrogen functional groups attached to an aromatic ring is 1. The third kappa shape index (κ3) is 25.3. The SMILES string of the molecule is CCSc1nc(N)nc(CCCNc2nc(CCCNc3nc(CCCNc4nc(CCCNc5nc(CCCNc6nc(CCCN)nc(SCC)n6)nc(Sc6ccccc6)n5)nc(SCC)n4)nc(Sc4ccccc4)n3)nc(SCc3ccc(Cl)cc3)n2)n1. The number of benzene rings is 3. The molecular formula is C61H76ClN25S6. The standard InChI is InChI=1S/C61H76ClN25S6/c1-4-88-56-76-44(70-50(64)82-56)24-14-34-67-53-73-47(79-59(85-53)91-39-40-29-31-41(62)32-30-40)26-16-38-69-55-75-49(81-61(87-55)93-43-21-11-8-12-22-43)28-18-36-66-52-72-46(78-58(84-52)90-6-3)25-15-37-68-54-74-48(80-60(86-54)92-42-19-9-7-10-20-42)27-17-35-65-51-71-45(23-13-33-63)77-57(83-51)89-5-2/h7-12,19-22,29-32H,4-6,13-18,23-28,33-39,63H2,1-3H3,(H2,64,70,76,82)(H,65,71,77,83)(H,66,72,78,84)(H,67,73,79,85)(H,68,74,80,86)(H,69,75,81,87). The predicted molar refractivity (Wildman–Crippen MR) is 376 cm³/mol. The third-order valence-electron chi connectivity index (χ3n) is 12.9. The highest BCUT2D eigenvalue weighted by atomic mass is 35.5. The molecule has 0 radical (unpaired) electrons. The molecule has 0 bridgehead atoms. The molecule has 25 nitrogen and oxygen atoms in total. The van der Waals surface area contributed by atoms with Crippen molar-refractivity contribution in [2.75, 3.05) is 88.8 Å². The summed E-state index contributed by atoms with van der Waals surface area (Å²) in [6.45, 7) is 9.77. The molecule has 6 heterocycles. The number of nitrogens with zero attached hydrogens (tertiary/aromatic N) is 18. The van der Waals surface area contributed by atoms with Crippen molar-refractivity contribution in [1.82, 2.24) is 89.7 Å². The van der Waals surface area contributed by atoms with E-state index in [1.165, 1.54) is 35.3 Å². The number of nitrogens with two attached hydrogens (primary N) is 2. The molecule has 93 heavy (non-hydrogen) atoms. The quantitative estimate of drug-likeness (QED) is 0.0138. The zero-order chi connectivity index (χ0) is 64.7. The molecule has 0 saturated heterocycles. The van der Waals surface area contributed by atoms with Crippen LogP contribution in [0.4, 0.5) is 35.7 Å². The zero-order valence-corrected chi connectivity index (χ0v) is 57.8. The molecule has 9 aromatic rings. The Kier molecular flexibility index (Phi) is 29.4. The number of aromatic nitrogens is 18. The molecule has 0 aliphatic rings. The summed E-state index contributed by atoms with van der Waals surface area (Å²) in [4.78, 5) is 87.1. The van der Waals surface area contributed by atoms with E-state index in [2.05, 4.69) is 70.3 Å². The van der Waals surface area contributed by atoms with Gasteiger partial charge in [0.15, 0.2) is 30.9 Å². The molecule has 0 aliphatic carbocycles. The van der Waals surface area contributed by atoms with Crippen LogP contribution in [0, 0.1) is 0 Å². The van der Waals surface area contributed by atoms with Crippen LogP contribution in [-0.4, -0.2) is 146 Å². The van der Waals surface area contributed by atoms with Gasteiger partial charge in [-0.25, -0.2) is 29.9 Å². The normalized spacial score (nSPS) is 11.2. The minimum atomic E-state index is 0.228. The van der Waals surface area contributed by atoms with Gasteiger partial charge >= 0.3 is 0 Å². The number of halogens is 1. The van der Waals surface area contributed by atoms with Crippen LogP contribution >= 0.6 is 82.2 Å². The molecule has 0 saturated carbocycles. The topological polar surface area (TPSA) is 344 Å². The van der Waals surface area contributed by atoms with E-state index in [1.54, 1.807) is 35.3 Å². The lowest BCUT2D eigenvalue weighted by Gasteiger charge is -2.11. The fourth-order valence-corrected chi connectivity index (χ4v) is 12.9. The zero-order valence-electron chi connectivity index (χ0n) is 52.2. The van der Waals surface area contributed by atoms with E-state index >= 15 is 0 Å². The number of nitrogens with one attached hydrogen (secondary N) is 5. The Morgan fingerprint density at radius 1 is 0.344 bits per heavy atom. The van der Waals surface area contributed by atoms with E-state index in [0.717, 1.165) is 64.1 Å². The van der Waals surface area contributed by atoms with Crippen molar-refractivity contribution in [2.45, 2.75) is 144 Å². The summed E-state index contributed by atoms with van der Waals surface area (Å²) < 4.78 is 0. The Bertz CT molecular complexity index is 3730. The van der Waals surface area contributed by atoms with Gasteiger partial charge in [-0.3, -0.25) is 0 Å². The number of rotatable bonds is 41. The maximum absolute atomic E-state index is 6.18. The molecule has 3 aromatic carbocycles. The molecule has 6 aromatic heterocycles. The van der Waals surface area contributed by atoms with Crippen molar-refractivity contribution in [2.24, 2.45) is 5.73 Å². The summed E-state index contributed by atoms with van der Waals surface area (Å²) in [6.07, 6.45) is 8.19. The van der Waals surface area contributed by atoms with Gasteiger partial charge in [-0.15, -0.1) is 0 Å². The van der Waals surface area contributed by atoms with Crippen LogP contribution in [0.2, 0.25) is 5.02 Å². The molecule has 0 aliphatic heterocycles. The van der Waals surface area contributed by atoms with E-state index in [0.29, 0.717) is 191 Å². The van der Waals surface area contributed by atoms with Gasteiger partial charge in [-0.1, -0.05) is 128 Å². The molecule has 9 rings (SSSR count). The van der Waals surface area contributed by atoms with Crippen molar-refractivity contribution in [1.29, 1.82) is 0 Å². The van der Waals surface area contributed by atoms with Gasteiger partial charge in [-0.2, -0.15) is 59.8 Å². The molecule has 0 spiro atoms. The van der Waals surface area contributed by atoms with Crippen LogP contribution in [0.15, 0.2) is 126 Å². The van der Waals surface area contributed by atoms with Crippen molar-refractivity contribution >= 4 is 118 Å². The van der Waals surface area contributed by atoms with Crippen LogP contribution < -0.4 is 38.1 Å². The van der Waals surface area contributed by atoms with Gasteiger partial charge < -0.3 is 38.1 Å². The van der Waals surface area contributed by atoms with E-state index in [1.807, 2.05) is 91.9 Å². The average Bonchev–Trinajstić information content (AvgIpc) is 2.51. The van der Waals surface area contributed by atoms with Gasteiger partial charge in [0, 0.05) is 91.8 Å². The number of hydrogen-bond acceptors (Lipinski definition) is 31. The molecular weight excluding hydrogens is 1310 g/mol. The highest BCUT2D eigenvalue weighted by Gasteiger charge is 2.16. The lowest BCUT2D eigenvalue weighted by atomic mass is 10.2. The van der Waals surface area contributed by atoms with Crippen LogP contribution in [0.5, 0.6) is 0 Å². The van der Waals surface area contributed by atoms with Crippen LogP contribution in [0.25, 0.3) is 0 Å². The first-order valence-corrected chi connectivity index (χ1v) is 36.9. The van der Waals surface area contributed by atoms with Crippen molar-refractivity contribution < 1.29 is 0 Å². The van der Waals surface area contributed by atoms with Gasteiger partial charge in [0.05, 0.1) is 0 Å². The Balaban J connectivity index is 0.782. The van der Waals surface area contributed by atoms with Crippen molar-refractivity contribution in [3.05, 3.63) is 130 Å². The molecule has 0 unspecified atom stereocenters. The molecule has 0 fully saturated rings. The first-order valence-electron chi connectivity index (χ1n) is 31.0. The predicted octanol–water partition coefficient (Wildman–Crippen LogP) is 11.1. The summed E-state index contributed by atoms with van der Waals surface area (Å²) in [5.74, 6) is 10.2. The Labute approximate surface area is 572 Å². The fourth-order valence-electron chi connectivity index (χ4n) is 8.62. The highest BCUT2D eigenvalue weighted by Crippen LogP contribution is 2.28. The lowest BCUT2D eigenvalue weighted by Crippen LogP contribution is -2.14. The van der Waals surface area contributed by atoms with Gasteiger partial charge in [0.1, 0.15) is 34.9 Å². The van der Waals surface area contributed by atoms with Gasteiger partial charge in [0.2, 0.25) is 35.7 Å². The summed E-state index contributed by atoms with van der Waals surface area (Å²) in [7, 11) is 0. The third-order valence-corrected chi connectivity index (χ3v) is 18.0. The molecule has 9 N–H and O–H groups in total. The fraction of sp³-hybridized carbons (Fsp3) is 0.410. The molecule has 32 heteroatoms. The Morgan fingerprint density at radius 3 is 1.01 bits per heavy atom. The van der Waals surface area contributed by atoms with Gasteiger partial charge in [-0.05, 0) is 128 Å². The molecule has 0 atom stereocenters. The maximum atomic E-state index is 6.18. The summed E-state index contributed by atoms with van der Waals surface area (Å²) in [5, 5.41) is 21.7. The second kappa shape index (κ2) is 38.9. The smallest absolute Gasteiger partial charge is 0.226 e. The number of anilines is 6.